The van der Waals surface area contributed by atoms with Crippen molar-refractivity contribution in [3.8, 4) is 11.5 Å². The third-order valence-corrected chi connectivity index (χ3v) is 4.54. The molecule has 2 aromatic rings. The van der Waals surface area contributed by atoms with Crippen LogP contribution in [0.15, 0.2) is 41.7 Å². The number of ether oxygens (including phenoxy) is 1. The molecule has 5 N–H and O–H groups in total. The van der Waals surface area contributed by atoms with Crippen LogP contribution in [0.2, 0.25) is 6.32 Å². The molecule has 1 saturated heterocycles. The highest BCUT2D eigenvalue weighted by Gasteiger charge is 2.34. The van der Waals surface area contributed by atoms with Crippen molar-refractivity contribution in [2.24, 2.45) is 5.16 Å². The van der Waals surface area contributed by atoms with Crippen LogP contribution < -0.4 is 4.74 Å². The van der Waals surface area contributed by atoms with E-state index in [1.54, 1.807) is 29.3 Å². The first-order chi connectivity index (χ1) is 13.9. The number of aryl methyl sites for hydroxylation is 1. The number of benzene rings is 1. The molecule has 1 aliphatic heterocycles. The van der Waals surface area contributed by atoms with E-state index in [0.717, 1.165) is 0 Å². The Labute approximate surface area is 166 Å². The molecule has 0 spiro atoms. The van der Waals surface area contributed by atoms with Crippen LogP contribution in [-0.4, -0.2) is 73.5 Å². The topological polar surface area (TPSA) is 156 Å². The fourth-order valence-electron chi connectivity index (χ4n) is 3.04. The number of hydrogen-bond donors (Lipinski definition) is 5. The van der Waals surface area contributed by atoms with E-state index in [4.69, 9.17) is 14.8 Å². The molecular weight excluding hydrogens is 381 g/mol. The standard InChI is InChI=1S/C18H20BN3O7/c23-16-11(6-7-19(26)27)4-5-14(15(16)18(24)25)29-12-9-22(10-12)17(21-28)13-3-1-2-8-20-13/h1-5,8,12,23,26-28H,6-7,9-10H2,(H,24,25). The van der Waals surface area contributed by atoms with Crippen LogP contribution >= 0.6 is 0 Å². The molecule has 29 heavy (non-hydrogen) atoms. The number of aromatic hydroxyl groups is 1. The monoisotopic (exact) mass is 401 g/mol. The minimum Gasteiger partial charge on any atom is -0.507 e. The lowest BCUT2D eigenvalue weighted by Crippen LogP contribution is -2.56. The number of nitrogens with zero attached hydrogens (tertiary/aromatic N) is 3. The Hall–Kier alpha value is -3.31. The van der Waals surface area contributed by atoms with Gasteiger partial charge in [-0.05, 0) is 36.5 Å². The van der Waals surface area contributed by atoms with Crippen LogP contribution in [0.4, 0.5) is 0 Å². The molecule has 0 atom stereocenters. The van der Waals surface area contributed by atoms with Gasteiger partial charge in [-0.3, -0.25) is 4.98 Å². The molecule has 1 fully saturated rings. The van der Waals surface area contributed by atoms with Crippen molar-refractivity contribution < 1.29 is 35.0 Å². The third-order valence-electron chi connectivity index (χ3n) is 4.54. The number of phenols is 1. The zero-order chi connectivity index (χ0) is 21.0. The van der Waals surface area contributed by atoms with Gasteiger partial charge in [-0.2, -0.15) is 0 Å². The zero-order valence-electron chi connectivity index (χ0n) is 15.3. The molecule has 0 saturated carbocycles. The average molecular weight is 401 g/mol. The largest absolute Gasteiger partial charge is 0.507 e. The van der Waals surface area contributed by atoms with Crippen LogP contribution in [0.3, 0.4) is 0 Å². The summed E-state index contributed by atoms with van der Waals surface area (Å²) in [5.74, 6) is -1.53. The molecular formula is C18H20BN3O7. The lowest BCUT2D eigenvalue weighted by molar-refractivity contribution is 0.0586. The number of carbonyl (C=O) groups is 1. The third kappa shape index (κ3) is 4.58. The minimum atomic E-state index is -1.55. The van der Waals surface area contributed by atoms with E-state index in [2.05, 4.69) is 10.1 Å². The molecule has 2 heterocycles. The van der Waals surface area contributed by atoms with Gasteiger partial charge in [0.05, 0.1) is 13.1 Å². The number of rotatable bonds is 7. The van der Waals surface area contributed by atoms with Crippen molar-refractivity contribution in [1.82, 2.24) is 9.88 Å². The predicted octanol–water partition coefficient (Wildman–Crippen LogP) is 0.400. The number of pyridine rings is 1. The van der Waals surface area contributed by atoms with Crippen molar-refractivity contribution >= 4 is 18.9 Å². The lowest BCUT2D eigenvalue weighted by Gasteiger charge is -2.40. The molecule has 1 aromatic heterocycles. The van der Waals surface area contributed by atoms with Gasteiger partial charge in [0.2, 0.25) is 0 Å². The quantitative estimate of drug-likeness (QED) is 0.146. The summed E-state index contributed by atoms with van der Waals surface area (Å²) in [7, 11) is -1.55. The molecule has 152 valence electrons. The maximum Gasteiger partial charge on any atom is 0.451 e. The fraction of sp³-hybridized carbons (Fsp3) is 0.278. The van der Waals surface area contributed by atoms with Gasteiger partial charge in [-0.25, -0.2) is 4.79 Å². The minimum absolute atomic E-state index is 0.00766. The highest BCUT2D eigenvalue weighted by Crippen LogP contribution is 2.34. The van der Waals surface area contributed by atoms with Gasteiger partial charge in [-0.15, -0.1) is 0 Å². The van der Waals surface area contributed by atoms with E-state index in [-0.39, 0.29) is 41.6 Å². The Morgan fingerprint density at radius 2 is 2.03 bits per heavy atom. The van der Waals surface area contributed by atoms with Crippen molar-refractivity contribution in [3.05, 3.63) is 53.3 Å². The Morgan fingerprint density at radius 3 is 2.62 bits per heavy atom. The number of amidine groups is 1. The molecule has 0 radical (unpaired) electrons. The summed E-state index contributed by atoms with van der Waals surface area (Å²) in [6.45, 7) is 0.683. The molecule has 11 heteroatoms. The number of carboxylic acids is 1. The van der Waals surface area contributed by atoms with Crippen LogP contribution in [0.5, 0.6) is 11.5 Å². The summed E-state index contributed by atoms with van der Waals surface area (Å²) in [4.78, 5) is 17.5. The molecule has 10 nitrogen and oxygen atoms in total. The molecule has 3 rings (SSSR count). The lowest BCUT2D eigenvalue weighted by atomic mass is 9.82. The first-order valence-corrected chi connectivity index (χ1v) is 8.90. The van der Waals surface area contributed by atoms with Crippen LogP contribution in [0.1, 0.15) is 21.6 Å². The molecule has 1 aromatic carbocycles. The van der Waals surface area contributed by atoms with Gasteiger partial charge in [0.1, 0.15) is 28.9 Å². The van der Waals surface area contributed by atoms with E-state index < -0.39 is 18.8 Å². The van der Waals surface area contributed by atoms with Crippen LogP contribution in [0, 0.1) is 0 Å². The second kappa shape index (κ2) is 8.80. The molecule has 0 unspecified atom stereocenters. The Bertz CT molecular complexity index is 902. The smallest absolute Gasteiger partial charge is 0.451 e. The fourth-order valence-corrected chi connectivity index (χ4v) is 3.04. The highest BCUT2D eigenvalue weighted by molar-refractivity contribution is 6.41. The number of oxime groups is 1. The summed E-state index contributed by atoms with van der Waals surface area (Å²) >= 11 is 0. The summed E-state index contributed by atoms with van der Waals surface area (Å²) in [5.41, 5.74) is 0.393. The molecule has 0 bridgehead atoms. The van der Waals surface area contributed by atoms with E-state index in [9.17, 15) is 20.2 Å². The predicted molar refractivity (Wildman–Crippen MR) is 102 cm³/mol. The normalized spacial score (nSPS) is 14.4. The van der Waals surface area contributed by atoms with E-state index in [0.29, 0.717) is 18.8 Å². The second-order valence-corrected chi connectivity index (χ2v) is 6.55. The molecule has 0 amide bonds. The summed E-state index contributed by atoms with van der Waals surface area (Å²) < 4.78 is 5.73. The maximum atomic E-state index is 11.6. The highest BCUT2D eigenvalue weighted by atomic mass is 16.5. The number of hydrogen-bond acceptors (Lipinski definition) is 8. The summed E-state index contributed by atoms with van der Waals surface area (Å²) in [6, 6.07) is 8.13. The van der Waals surface area contributed by atoms with Crippen LogP contribution in [-0.2, 0) is 6.42 Å². The van der Waals surface area contributed by atoms with Gasteiger partial charge in [0.15, 0.2) is 5.84 Å². The van der Waals surface area contributed by atoms with Gasteiger partial charge in [0.25, 0.3) is 0 Å². The number of aromatic carboxylic acids is 1. The molecule has 1 aliphatic rings. The van der Waals surface area contributed by atoms with Gasteiger partial charge in [-0.1, -0.05) is 17.3 Å². The molecule has 0 aliphatic carbocycles. The Kier molecular flexibility index (Phi) is 6.20. The van der Waals surface area contributed by atoms with Crippen molar-refractivity contribution in [2.75, 3.05) is 13.1 Å². The van der Waals surface area contributed by atoms with Gasteiger partial charge < -0.3 is 35.1 Å². The number of aromatic nitrogens is 1. The second-order valence-electron chi connectivity index (χ2n) is 6.55. The van der Waals surface area contributed by atoms with Crippen molar-refractivity contribution in [3.63, 3.8) is 0 Å². The summed E-state index contributed by atoms with van der Waals surface area (Å²) in [6.07, 6.45) is 1.26. The Balaban J connectivity index is 1.70. The van der Waals surface area contributed by atoms with Gasteiger partial charge in [0, 0.05) is 6.20 Å². The van der Waals surface area contributed by atoms with Crippen molar-refractivity contribution in [2.45, 2.75) is 18.8 Å². The van der Waals surface area contributed by atoms with Gasteiger partial charge >= 0.3 is 13.1 Å². The van der Waals surface area contributed by atoms with Crippen molar-refractivity contribution in [1.29, 1.82) is 0 Å². The first-order valence-electron chi connectivity index (χ1n) is 8.90. The maximum absolute atomic E-state index is 11.6. The van der Waals surface area contributed by atoms with E-state index in [1.165, 1.54) is 12.1 Å². The average Bonchev–Trinajstić information content (AvgIpc) is 2.66. The zero-order valence-corrected chi connectivity index (χ0v) is 15.3. The summed E-state index contributed by atoms with van der Waals surface area (Å²) in [5, 5.41) is 50.2. The van der Waals surface area contributed by atoms with Crippen LogP contribution in [0.25, 0.3) is 0 Å². The Morgan fingerprint density at radius 1 is 1.28 bits per heavy atom. The van der Waals surface area contributed by atoms with E-state index in [1.807, 2.05) is 0 Å². The number of carboxylic acid groups (broad SMARTS) is 1. The number of likely N-dealkylation sites (tertiary alicyclic amines) is 1. The van der Waals surface area contributed by atoms with E-state index >= 15 is 0 Å². The SMILES string of the molecule is O=C(O)c1c(OC2CN(C(=NO)c3ccccn3)C2)ccc(CCB(O)O)c1O. The first kappa shape index (κ1) is 20.4.